The van der Waals surface area contributed by atoms with Gasteiger partial charge >= 0.3 is 0 Å². The zero-order chi connectivity index (χ0) is 23.7. The maximum Gasteiger partial charge on any atom is 0.253 e. The summed E-state index contributed by atoms with van der Waals surface area (Å²) in [5.74, 6) is -0.372. The number of halogens is 1. The Bertz CT molecular complexity index is 1070. The van der Waals surface area contributed by atoms with Crippen molar-refractivity contribution in [2.45, 2.75) is 44.6 Å². The Morgan fingerprint density at radius 3 is 2.59 bits per heavy atom. The number of amides is 2. The third kappa shape index (κ3) is 4.45. The topological polar surface area (TPSA) is 84.9 Å². The third-order valence-electron chi connectivity index (χ3n) is 7.41. The number of nitrogens with one attached hydrogen (secondary N) is 2. The van der Waals surface area contributed by atoms with Crippen molar-refractivity contribution in [3.05, 3.63) is 59.4 Å². The molecule has 3 N–H and O–H groups in total. The van der Waals surface area contributed by atoms with Gasteiger partial charge in [0.15, 0.2) is 0 Å². The van der Waals surface area contributed by atoms with Crippen molar-refractivity contribution in [2.75, 3.05) is 26.2 Å². The van der Waals surface area contributed by atoms with Crippen LogP contribution in [0.1, 0.15) is 41.6 Å². The molecule has 2 amide bonds. The summed E-state index contributed by atoms with van der Waals surface area (Å²) in [5, 5.41) is 16.3. The minimum Gasteiger partial charge on any atom is -0.392 e. The summed E-state index contributed by atoms with van der Waals surface area (Å²) < 4.78 is 14.6. The highest BCUT2D eigenvalue weighted by Crippen LogP contribution is 2.29. The molecule has 2 aromatic rings. The standard InChI is InChI=1S/C26H31FN4O3/c27-22-10-9-17(15-21(22)19-6-2-1-5-18(19)16-32)25(34)30-11-13-31(14-12-30)26-28-23-8-4-3-7-20(23)24(33)29-26/h1-2,5-6,9-10,15,20,23,26,28,32H,3-4,7-8,11-14,16H2,(H,29,33). The lowest BCUT2D eigenvalue weighted by molar-refractivity contribution is -0.134. The van der Waals surface area contributed by atoms with Crippen LogP contribution in [0.15, 0.2) is 42.5 Å². The second kappa shape index (κ2) is 9.82. The number of hydrogen-bond donors (Lipinski definition) is 3. The van der Waals surface area contributed by atoms with E-state index in [1.807, 2.05) is 0 Å². The van der Waals surface area contributed by atoms with Gasteiger partial charge in [-0.15, -0.1) is 0 Å². The normalized spacial score (nSPS) is 25.5. The summed E-state index contributed by atoms with van der Waals surface area (Å²) >= 11 is 0. The molecular weight excluding hydrogens is 435 g/mol. The third-order valence-corrected chi connectivity index (χ3v) is 7.41. The van der Waals surface area contributed by atoms with Crippen molar-refractivity contribution < 1.29 is 19.1 Å². The molecule has 0 radical (unpaired) electrons. The molecule has 1 saturated carbocycles. The van der Waals surface area contributed by atoms with Crippen LogP contribution >= 0.6 is 0 Å². The fraction of sp³-hybridized carbons (Fsp3) is 0.462. The van der Waals surface area contributed by atoms with E-state index < -0.39 is 5.82 Å². The molecule has 8 heteroatoms. The number of nitrogens with zero attached hydrogens (tertiary/aromatic N) is 2. The number of hydrogen-bond acceptors (Lipinski definition) is 5. The predicted octanol–water partition coefficient (Wildman–Crippen LogP) is 2.30. The molecule has 2 heterocycles. The van der Waals surface area contributed by atoms with E-state index in [0.717, 1.165) is 25.7 Å². The highest BCUT2D eigenvalue weighted by atomic mass is 19.1. The van der Waals surface area contributed by atoms with Gasteiger partial charge in [0.2, 0.25) is 5.91 Å². The van der Waals surface area contributed by atoms with Gasteiger partial charge in [-0.3, -0.25) is 19.8 Å². The Balaban J connectivity index is 1.25. The van der Waals surface area contributed by atoms with Crippen LogP contribution in [0.2, 0.25) is 0 Å². The highest BCUT2D eigenvalue weighted by Gasteiger charge is 2.40. The molecule has 3 unspecified atom stereocenters. The monoisotopic (exact) mass is 466 g/mol. The molecule has 0 bridgehead atoms. The van der Waals surface area contributed by atoms with Crippen LogP contribution in [0.25, 0.3) is 11.1 Å². The Morgan fingerprint density at radius 1 is 1.03 bits per heavy atom. The minimum absolute atomic E-state index is 0.0662. The number of aliphatic hydroxyl groups excluding tert-OH is 1. The van der Waals surface area contributed by atoms with E-state index in [0.29, 0.717) is 48.4 Å². The molecule has 0 aromatic heterocycles. The maximum absolute atomic E-state index is 14.6. The minimum atomic E-state index is -0.428. The van der Waals surface area contributed by atoms with E-state index in [-0.39, 0.29) is 36.7 Å². The zero-order valence-electron chi connectivity index (χ0n) is 19.2. The largest absolute Gasteiger partial charge is 0.392 e. The van der Waals surface area contributed by atoms with E-state index in [2.05, 4.69) is 15.5 Å². The SMILES string of the molecule is O=C1NC(N2CCN(C(=O)c3ccc(F)c(-c4ccccc4CO)c3)CC2)NC2CCCCC12. The van der Waals surface area contributed by atoms with Gasteiger partial charge in [-0.2, -0.15) is 0 Å². The molecule has 2 saturated heterocycles. The first-order valence-corrected chi connectivity index (χ1v) is 12.1. The Kier molecular flexibility index (Phi) is 6.63. The molecule has 3 atom stereocenters. The van der Waals surface area contributed by atoms with E-state index in [1.54, 1.807) is 35.2 Å². The summed E-state index contributed by atoms with van der Waals surface area (Å²) in [6.45, 7) is 2.13. The number of carbonyl (C=O) groups excluding carboxylic acids is 2. The van der Waals surface area contributed by atoms with Crippen LogP contribution in [0.5, 0.6) is 0 Å². The number of piperazine rings is 1. The summed E-state index contributed by atoms with van der Waals surface area (Å²) in [6, 6.07) is 11.7. The van der Waals surface area contributed by atoms with Gasteiger partial charge in [0.1, 0.15) is 12.1 Å². The first kappa shape index (κ1) is 23.0. The second-order valence-corrected chi connectivity index (χ2v) is 9.41. The van der Waals surface area contributed by atoms with E-state index >= 15 is 0 Å². The molecule has 2 aromatic carbocycles. The molecular formula is C26H31FN4O3. The lowest BCUT2D eigenvalue weighted by Crippen LogP contribution is -2.69. The highest BCUT2D eigenvalue weighted by molar-refractivity contribution is 5.95. The van der Waals surface area contributed by atoms with Crippen LogP contribution < -0.4 is 10.6 Å². The van der Waals surface area contributed by atoms with Crippen LogP contribution in [0, 0.1) is 11.7 Å². The number of aliphatic hydroxyl groups is 1. The zero-order valence-corrected chi connectivity index (χ0v) is 19.2. The van der Waals surface area contributed by atoms with Crippen molar-refractivity contribution in [1.29, 1.82) is 0 Å². The summed E-state index contributed by atoms with van der Waals surface area (Å²) in [6.07, 6.45) is 4.04. The van der Waals surface area contributed by atoms with Gasteiger partial charge in [0.05, 0.1) is 12.5 Å². The van der Waals surface area contributed by atoms with Gasteiger partial charge in [0, 0.05) is 43.3 Å². The van der Waals surface area contributed by atoms with E-state index in [9.17, 15) is 19.1 Å². The molecule has 1 aliphatic carbocycles. The molecule has 3 aliphatic rings. The molecule has 3 fully saturated rings. The first-order valence-electron chi connectivity index (χ1n) is 12.1. The molecule has 5 rings (SSSR count). The van der Waals surface area contributed by atoms with Gasteiger partial charge in [-0.05, 0) is 42.2 Å². The smallest absolute Gasteiger partial charge is 0.253 e. The molecule has 2 aliphatic heterocycles. The van der Waals surface area contributed by atoms with Crippen LogP contribution in [0.4, 0.5) is 4.39 Å². The number of carbonyl (C=O) groups is 2. The quantitative estimate of drug-likeness (QED) is 0.644. The second-order valence-electron chi connectivity index (χ2n) is 9.41. The average molecular weight is 467 g/mol. The maximum atomic E-state index is 14.6. The summed E-state index contributed by atoms with van der Waals surface area (Å²) in [4.78, 5) is 29.8. The predicted molar refractivity (Wildman–Crippen MR) is 126 cm³/mol. The molecule has 0 spiro atoms. The van der Waals surface area contributed by atoms with Crippen molar-refractivity contribution in [3.63, 3.8) is 0 Å². The van der Waals surface area contributed by atoms with Crippen LogP contribution in [0.3, 0.4) is 0 Å². The summed E-state index contributed by atoms with van der Waals surface area (Å²) in [7, 11) is 0. The van der Waals surface area contributed by atoms with Gasteiger partial charge < -0.3 is 15.3 Å². The Labute approximate surface area is 198 Å². The number of fused-ring (bicyclic) bond motifs is 1. The van der Waals surface area contributed by atoms with Gasteiger partial charge in [-0.1, -0.05) is 37.1 Å². The number of rotatable bonds is 4. The number of benzene rings is 2. The first-order chi connectivity index (χ1) is 16.5. The Hall–Kier alpha value is -2.81. The van der Waals surface area contributed by atoms with Gasteiger partial charge in [0.25, 0.3) is 5.91 Å². The van der Waals surface area contributed by atoms with Crippen molar-refractivity contribution in [3.8, 4) is 11.1 Å². The fourth-order valence-electron chi connectivity index (χ4n) is 5.48. The van der Waals surface area contributed by atoms with Crippen molar-refractivity contribution in [1.82, 2.24) is 20.4 Å². The molecule has 34 heavy (non-hydrogen) atoms. The fourth-order valence-corrected chi connectivity index (χ4v) is 5.48. The van der Waals surface area contributed by atoms with Crippen LogP contribution in [-0.2, 0) is 11.4 Å². The summed E-state index contributed by atoms with van der Waals surface area (Å²) in [5.41, 5.74) is 1.93. The van der Waals surface area contributed by atoms with Gasteiger partial charge in [-0.25, -0.2) is 4.39 Å². The van der Waals surface area contributed by atoms with E-state index in [1.165, 1.54) is 12.1 Å². The average Bonchev–Trinajstić information content (AvgIpc) is 2.88. The molecule has 7 nitrogen and oxygen atoms in total. The van der Waals surface area contributed by atoms with Crippen molar-refractivity contribution in [2.24, 2.45) is 5.92 Å². The Morgan fingerprint density at radius 2 is 1.79 bits per heavy atom. The van der Waals surface area contributed by atoms with Crippen molar-refractivity contribution >= 4 is 11.8 Å². The molecule has 180 valence electrons. The van der Waals surface area contributed by atoms with E-state index in [4.69, 9.17) is 0 Å². The lowest BCUT2D eigenvalue weighted by Gasteiger charge is -2.46. The lowest BCUT2D eigenvalue weighted by atomic mass is 9.82. The van der Waals surface area contributed by atoms with Crippen LogP contribution in [-0.4, -0.2) is 65.2 Å².